The maximum atomic E-state index is 13.4. The fourth-order valence-corrected chi connectivity index (χ4v) is 4.81. The molecule has 0 aliphatic heterocycles. The summed E-state index contributed by atoms with van der Waals surface area (Å²) in [6.45, 7) is 0. The predicted octanol–water partition coefficient (Wildman–Crippen LogP) is 8.14. The number of rotatable bonds is 3. The third kappa shape index (κ3) is 3.27. The monoisotopic (exact) mass is 443 g/mol. The van der Waals surface area contributed by atoms with Crippen LogP contribution in [0.3, 0.4) is 0 Å². The summed E-state index contributed by atoms with van der Waals surface area (Å²) in [6.07, 6.45) is 0. The van der Waals surface area contributed by atoms with Crippen LogP contribution in [0.4, 0.5) is 5.69 Å². The molecule has 0 spiro atoms. The Bertz CT molecular complexity index is 1560. The molecule has 0 atom stereocenters. The number of hydrogen-bond acceptors (Lipinski definition) is 2. The molecule has 0 amide bonds. The van der Waals surface area contributed by atoms with Crippen LogP contribution in [0.1, 0.15) is 15.9 Å². The van der Waals surface area contributed by atoms with E-state index in [2.05, 4.69) is 18.2 Å². The van der Waals surface area contributed by atoms with Gasteiger partial charge in [-0.3, -0.25) is 4.79 Å². The third-order valence-corrected chi connectivity index (χ3v) is 6.39. The van der Waals surface area contributed by atoms with Gasteiger partial charge in [-0.1, -0.05) is 109 Å². The Morgan fingerprint density at radius 1 is 0.576 bits per heavy atom. The molecule has 6 rings (SSSR count). The van der Waals surface area contributed by atoms with Crippen LogP contribution in [0.15, 0.2) is 114 Å². The smallest absolute Gasteiger partial charge is 0.212 e. The SMILES string of the molecule is O=C1C(=Nc2c(Cl)cc(-c3ccccc3)cc2-c2ccccc2)c2cccc3cccc1c23. The van der Waals surface area contributed by atoms with E-state index >= 15 is 0 Å². The Hall–Kier alpha value is -4.01. The van der Waals surface area contributed by atoms with Crippen molar-refractivity contribution >= 4 is 39.6 Å². The standard InChI is InChI=1S/C30H18ClNO/c31-26-18-22(19-9-3-1-4-10-19)17-25(20-11-5-2-6-12-20)28(26)32-29-23-15-7-13-21-14-8-16-24(27(21)23)30(29)33/h1-18H. The Balaban J connectivity index is 1.60. The molecule has 0 saturated carbocycles. The quantitative estimate of drug-likeness (QED) is 0.276. The summed E-state index contributed by atoms with van der Waals surface area (Å²) in [4.78, 5) is 18.3. The zero-order chi connectivity index (χ0) is 22.4. The zero-order valence-electron chi connectivity index (χ0n) is 17.6. The summed E-state index contributed by atoms with van der Waals surface area (Å²) in [7, 11) is 0. The molecule has 3 heteroatoms. The Morgan fingerprint density at radius 3 is 1.91 bits per heavy atom. The molecule has 5 aromatic rings. The van der Waals surface area contributed by atoms with Crippen molar-refractivity contribution in [2.24, 2.45) is 4.99 Å². The summed E-state index contributed by atoms with van der Waals surface area (Å²) >= 11 is 6.86. The molecule has 5 aromatic carbocycles. The van der Waals surface area contributed by atoms with Crippen LogP contribution >= 0.6 is 11.6 Å². The number of benzene rings is 5. The van der Waals surface area contributed by atoms with Gasteiger partial charge in [-0.05, 0) is 34.2 Å². The van der Waals surface area contributed by atoms with Crippen LogP contribution in [0.25, 0.3) is 33.0 Å². The first-order valence-electron chi connectivity index (χ1n) is 10.8. The molecular weight excluding hydrogens is 426 g/mol. The number of carbonyl (C=O) groups is 1. The van der Waals surface area contributed by atoms with Crippen molar-refractivity contribution in [3.05, 3.63) is 125 Å². The molecule has 2 nitrogen and oxygen atoms in total. The van der Waals surface area contributed by atoms with E-state index in [0.29, 0.717) is 22.0 Å². The lowest BCUT2D eigenvalue weighted by molar-refractivity contribution is 0.107. The molecular formula is C30H18ClNO. The molecule has 0 saturated heterocycles. The molecule has 0 N–H and O–H groups in total. The maximum absolute atomic E-state index is 13.4. The number of ketones is 1. The molecule has 0 heterocycles. The van der Waals surface area contributed by atoms with Crippen molar-refractivity contribution in [2.45, 2.75) is 0 Å². The van der Waals surface area contributed by atoms with Gasteiger partial charge in [-0.25, -0.2) is 4.99 Å². The van der Waals surface area contributed by atoms with Crippen molar-refractivity contribution in [2.75, 3.05) is 0 Å². The van der Waals surface area contributed by atoms with Crippen molar-refractivity contribution in [3.63, 3.8) is 0 Å². The normalized spacial score (nSPS) is 13.7. The van der Waals surface area contributed by atoms with Crippen LogP contribution in [0.5, 0.6) is 0 Å². The Labute approximate surface area is 196 Å². The average molecular weight is 444 g/mol. The number of carbonyl (C=O) groups excluding carboxylic acids is 1. The lowest BCUT2D eigenvalue weighted by Gasteiger charge is -2.13. The minimum absolute atomic E-state index is 0.0657. The molecule has 0 bridgehead atoms. The minimum atomic E-state index is -0.0657. The number of hydrogen-bond donors (Lipinski definition) is 0. The summed E-state index contributed by atoms with van der Waals surface area (Å²) in [5.74, 6) is -0.0657. The van der Waals surface area contributed by atoms with E-state index in [4.69, 9.17) is 16.6 Å². The van der Waals surface area contributed by atoms with Gasteiger partial charge in [0.25, 0.3) is 0 Å². The lowest BCUT2D eigenvalue weighted by atomic mass is 9.97. The molecule has 33 heavy (non-hydrogen) atoms. The maximum Gasteiger partial charge on any atom is 0.212 e. The summed E-state index contributed by atoms with van der Waals surface area (Å²) in [5, 5.41) is 2.51. The average Bonchev–Trinajstić information content (AvgIpc) is 3.14. The van der Waals surface area contributed by atoms with Gasteiger partial charge < -0.3 is 0 Å². The van der Waals surface area contributed by atoms with Crippen molar-refractivity contribution in [1.29, 1.82) is 0 Å². The second kappa shape index (κ2) is 7.84. The van der Waals surface area contributed by atoms with Crippen LogP contribution in [-0.2, 0) is 0 Å². The summed E-state index contributed by atoms with van der Waals surface area (Å²) in [5.41, 5.74) is 6.57. The van der Waals surface area contributed by atoms with E-state index in [1.807, 2.05) is 91.0 Å². The Kier molecular flexibility index (Phi) is 4.67. The number of nitrogens with zero attached hydrogens (tertiary/aromatic N) is 1. The first kappa shape index (κ1) is 19.7. The fourth-order valence-electron chi connectivity index (χ4n) is 4.55. The molecule has 0 radical (unpaired) electrons. The highest BCUT2D eigenvalue weighted by Crippen LogP contribution is 2.42. The van der Waals surface area contributed by atoms with Gasteiger partial charge in [-0.2, -0.15) is 0 Å². The van der Waals surface area contributed by atoms with Crippen LogP contribution in [-0.4, -0.2) is 11.5 Å². The van der Waals surface area contributed by atoms with E-state index in [9.17, 15) is 4.79 Å². The van der Waals surface area contributed by atoms with E-state index in [-0.39, 0.29) is 5.78 Å². The number of halogens is 1. The van der Waals surface area contributed by atoms with Gasteiger partial charge >= 0.3 is 0 Å². The zero-order valence-corrected chi connectivity index (χ0v) is 18.4. The van der Waals surface area contributed by atoms with Gasteiger partial charge in [0.05, 0.1) is 10.7 Å². The van der Waals surface area contributed by atoms with E-state index in [1.54, 1.807) is 0 Å². The van der Waals surface area contributed by atoms with Gasteiger partial charge in [0.2, 0.25) is 5.78 Å². The first-order chi connectivity index (χ1) is 16.2. The number of Topliss-reactive ketones (excluding diaryl/α,β-unsaturated/α-hetero) is 1. The van der Waals surface area contributed by atoms with Gasteiger partial charge in [0, 0.05) is 22.1 Å². The molecule has 0 aromatic heterocycles. The van der Waals surface area contributed by atoms with Crippen LogP contribution < -0.4 is 0 Å². The highest BCUT2D eigenvalue weighted by molar-refractivity contribution is 6.59. The highest BCUT2D eigenvalue weighted by Gasteiger charge is 2.29. The van der Waals surface area contributed by atoms with Crippen molar-refractivity contribution in [3.8, 4) is 22.3 Å². The van der Waals surface area contributed by atoms with E-state index in [1.165, 1.54) is 0 Å². The molecule has 156 valence electrons. The predicted molar refractivity (Wildman–Crippen MR) is 137 cm³/mol. The highest BCUT2D eigenvalue weighted by atomic mass is 35.5. The van der Waals surface area contributed by atoms with Crippen molar-refractivity contribution < 1.29 is 4.79 Å². The van der Waals surface area contributed by atoms with E-state index < -0.39 is 0 Å². The van der Waals surface area contributed by atoms with Crippen LogP contribution in [0, 0.1) is 0 Å². The van der Waals surface area contributed by atoms with Gasteiger partial charge in [-0.15, -0.1) is 0 Å². The topological polar surface area (TPSA) is 29.4 Å². The lowest BCUT2D eigenvalue weighted by Crippen LogP contribution is -2.08. The summed E-state index contributed by atoms with van der Waals surface area (Å²) in [6, 6.07) is 36.0. The van der Waals surface area contributed by atoms with Crippen molar-refractivity contribution in [1.82, 2.24) is 0 Å². The Morgan fingerprint density at radius 2 is 1.21 bits per heavy atom. The van der Waals surface area contributed by atoms with Crippen LogP contribution in [0.2, 0.25) is 5.02 Å². The molecule has 0 fully saturated rings. The summed E-state index contributed by atoms with van der Waals surface area (Å²) < 4.78 is 0. The largest absolute Gasteiger partial charge is 0.287 e. The fraction of sp³-hybridized carbons (Fsp3) is 0. The third-order valence-electron chi connectivity index (χ3n) is 6.10. The van der Waals surface area contributed by atoms with Gasteiger partial charge in [0.1, 0.15) is 5.71 Å². The first-order valence-corrected chi connectivity index (χ1v) is 11.2. The molecule has 1 aliphatic carbocycles. The van der Waals surface area contributed by atoms with Gasteiger partial charge in [0.15, 0.2) is 0 Å². The minimum Gasteiger partial charge on any atom is -0.287 e. The second-order valence-electron chi connectivity index (χ2n) is 8.09. The molecule has 0 unspecified atom stereocenters. The molecule has 1 aliphatic rings. The number of aliphatic imine (C=N–C) groups is 1. The van der Waals surface area contributed by atoms with E-state index in [0.717, 1.165) is 38.6 Å². The second-order valence-corrected chi connectivity index (χ2v) is 8.49.